The molecule has 0 atom stereocenters. The minimum Gasteiger partial charge on any atom is -1.00 e. The number of benzene rings is 4. The highest BCUT2D eigenvalue weighted by Crippen LogP contribution is 2.58. The average molecular weight is 614 g/mol. The van der Waals surface area contributed by atoms with Crippen LogP contribution in [0.25, 0.3) is 0 Å². The standard InChI is InChI=1S/C31H22FN3O3P.BrH/c32-29-18-25(17-16-24(29)19-33)37-31(36)38-30-34-20-23(21-35-30)22-39(26-10-4-1-5-11-26,27-12-6-2-7-13-27)28-14-8-3-9-15-28;/h1-18,20-21H,22H2;1H/q+1;/p-1. The Hall–Kier alpha value is -4.44. The van der Waals surface area contributed by atoms with E-state index in [-0.39, 0.29) is 34.3 Å². The van der Waals surface area contributed by atoms with Crippen LogP contribution in [0.15, 0.2) is 122 Å². The number of halogens is 2. The van der Waals surface area contributed by atoms with Crippen molar-refractivity contribution in [1.29, 1.82) is 5.26 Å². The Morgan fingerprint density at radius 1 is 0.775 bits per heavy atom. The number of nitriles is 1. The molecule has 9 heteroatoms. The lowest BCUT2D eigenvalue weighted by Crippen LogP contribution is -3.00. The van der Waals surface area contributed by atoms with E-state index in [1.54, 1.807) is 18.5 Å². The van der Waals surface area contributed by atoms with Crippen LogP contribution in [0.3, 0.4) is 0 Å². The molecule has 0 saturated carbocycles. The van der Waals surface area contributed by atoms with Crippen molar-refractivity contribution in [3.05, 3.63) is 139 Å². The number of carbonyl (C=O) groups is 1. The van der Waals surface area contributed by atoms with Crippen molar-refractivity contribution < 1.29 is 35.6 Å². The van der Waals surface area contributed by atoms with E-state index < -0.39 is 19.2 Å². The van der Waals surface area contributed by atoms with E-state index in [4.69, 9.17) is 14.7 Å². The zero-order chi connectivity index (χ0) is 27.1. The molecule has 0 aliphatic rings. The van der Waals surface area contributed by atoms with Crippen LogP contribution in [0.1, 0.15) is 11.1 Å². The van der Waals surface area contributed by atoms with Gasteiger partial charge in [-0.25, -0.2) is 19.2 Å². The first-order valence-electron chi connectivity index (χ1n) is 12.0. The third-order valence-electron chi connectivity index (χ3n) is 6.13. The first kappa shape index (κ1) is 28.6. The van der Waals surface area contributed by atoms with Gasteiger partial charge in [-0.05, 0) is 48.5 Å². The summed E-state index contributed by atoms with van der Waals surface area (Å²) >= 11 is 0. The number of ether oxygens (including phenoxy) is 2. The molecule has 6 nitrogen and oxygen atoms in total. The highest BCUT2D eigenvalue weighted by molar-refractivity contribution is 7.95. The average Bonchev–Trinajstić information content (AvgIpc) is 2.98. The summed E-state index contributed by atoms with van der Waals surface area (Å²) in [5.41, 5.74) is 0.713. The fraction of sp³-hybridized carbons (Fsp3) is 0.0323. The van der Waals surface area contributed by atoms with Crippen molar-refractivity contribution in [2.45, 2.75) is 6.16 Å². The van der Waals surface area contributed by atoms with Crippen LogP contribution in [-0.4, -0.2) is 16.1 Å². The van der Waals surface area contributed by atoms with Crippen LogP contribution >= 0.6 is 7.26 Å². The largest absolute Gasteiger partial charge is 1.00 e. The summed E-state index contributed by atoms with van der Waals surface area (Å²) in [5, 5.41) is 12.5. The lowest BCUT2D eigenvalue weighted by atomic mass is 10.2. The van der Waals surface area contributed by atoms with Gasteiger partial charge in [0, 0.05) is 24.0 Å². The number of hydrogen-bond acceptors (Lipinski definition) is 6. The van der Waals surface area contributed by atoms with Gasteiger partial charge in [0.1, 0.15) is 47.0 Å². The predicted molar refractivity (Wildman–Crippen MR) is 149 cm³/mol. The zero-order valence-corrected chi connectivity index (χ0v) is 23.5. The van der Waals surface area contributed by atoms with Gasteiger partial charge < -0.3 is 26.5 Å². The Bertz CT molecular complexity index is 1520. The monoisotopic (exact) mass is 613 g/mol. The van der Waals surface area contributed by atoms with Gasteiger partial charge in [-0.3, -0.25) is 0 Å². The second-order valence-electron chi connectivity index (χ2n) is 8.56. The number of aromatic nitrogens is 2. The predicted octanol–water partition coefficient (Wildman–Crippen LogP) is 2.56. The molecule has 0 unspecified atom stereocenters. The summed E-state index contributed by atoms with van der Waals surface area (Å²) in [6, 6.07) is 36.2. The lowest BCUT2D eigenvalue weighted by Gasteiger charge is -2.27. The molecular formula is C31H22BrFN3O3P. The summed E-state index contributed by atoms with van der Waals surface area (Å²) in [6.45, 7) is 0. The number of carbonyl (C=O) groups excluding carboxylic acids is 1. The maximum atomic E-state index is 13.8. The molecule has 0 N–H and O–H groups in total. The SMILES string of the molecule is N#Cc1ccc(OC(=O)Oc2ncc(C[P+](c3ccccc3)(c3ccccc3)c3ccccc3)cn2)cc1F.[Br-]. The number of hydrogen-bond donors (Lipinski definition) is 0. The van der Waals surface area contributed by atoms with Crippen molar-refractivity contribution in [3.8, 4) is 17.8 Å². The van der Waals surface area contributed by atoms with E-state index in [9.17, 15) is 9.18 Å². The van der Waals surface area contributed by atoms with Gasteiger partial charge in [-0.1, -0.05) is 54.6 Å². The molecule has 198 valence electrons. The van der Waals surface area contributed by atoms with Crippen LogP contribution in [0.2, 0.25) is 0 Å². The van der Waals surface area contributed by atoms with Crippen LogP contribution in [0.4, 0.5) is 9.18 Å². The minimum atomic E-state index is -2.15. The molecule has 40 heavy (non-hydrogen) atoms. The van der Waals surface area contributed by atoms with E-state index in [0.717, 1.165) is 11.6 Å². The first-order valence-corrected chi connectivity index (χ1v) is 14.0. The molecule has 0 aliphatic carbocycles. The number of nitrogens with zero attached hydrogens (tertiary/aromatic N) is 3. The summed E-state index contributed by atoms with van der Waals surface area (Å²) in [5.74, 6) is -0.901. The van der Waals surface area contributed by atoms with Crippen molar-refractivity contribution in [2.24, 2.45) is 0 Å². The molecule has 0 spiro atoms. The quantitative estimate of drug-likeness (QED) is 0.159. The molecule has 0 amide bonds. The van der Waals surface area contributed by atoms with Gasteiger partial charge in [-0.2, -0.15) is 5.26 Å². The number of rotatable bonds is 7. The van der Waals surface area contributed by atoms with E-state index in [0.29, 0.717) is 6.16 Å². The van der Waals surface area contributed by atoms with E-state index >= 15 is 0 Å². The van der Waals surface area contributed by atoms with E-state index in [1.807, 2.05) is 18.2 Å². The molecule has 5 aromatic rings. The summed E-state index contributed by atoms with van der Waals surface area (Å²) in [6.07, 6.45) is 2.81. The molecular weight excluding hydrogens is 592 g/mol. The highest BCUT2D eigenvalue weighted by atomic mass is 79.9. The lowest BCUT2D eigenvalue weighted by molar-refractivity contribution is -0.0000172. The van der Waals surface area contributed by atoms with Gasteiger partial charge in [0.25, 0.3) is 0 Å². The summed E-state index contributed by atoms with van der Waals surface area (Å²) < 4.78 is 23.9. The Kier molecular flexibility index (Phi) is 9.34. The fourth-order valence-electron chi connectivity index (χ4n) is 4.36. The van der Waals surface area contributed by atoms with Crippen LogP contribution < -0.4 is 42.4 Å². The molecule has 0 saturated heterocycles. The van der Waals surface area contributed by atoms with Crippen molar-refractivity contribution in [2.75, 3.05) is 0 Å². The molecule has 0 fully saturated rings. The second kappa shape index (κ2) is 13.1. The van der Waals surface area contributed by atoms with Gasteiger partial charge in [-0.15, -0.1) is 0 Å². The zero-order valence-electron chi connectivity index (χ0n) is 21.0. The molecule has 0 radical (unpaired) electrons. The summed E-state index contributed by atoms with van der Waals surface area (Å²) in [4.78, 5) is 20.7. The van der Waals surface area contributed by atoms with E-state index in [2.05, 4.69) is 82.8 Å². The van der Waals surface area contributed by atoms with Gasteiger partial charge >= 0.3 is 12.2 Å². The molecule has 0 aliphatic heterocycles. The summed E-state index contributed by atoms with van der Waals surface area (Å²) in [7, 11) is -2.15. The van der Waals surface area contributed by atoms with Gasteiger partial charge in [0.15, 0.2) is 0 Å². The first-order chi connectivity index (χ1) is 19.1. The van der Waals surface area contributed by atoms with Crippen molar-refractivity contribution in [1.82, 2.24) is 9.97 Å². The second-order valence-corrected chi connectivity index (χ2v) is 12.0. The van der Waals surface area contributed by atoms with Crippen LogP contribution in [-0.2, 0) is 6.16 Å². The Morgan fingerprint density at radius 3 is 1.73 bits per heavy atom. The van der Waals surface area contributed by atoms with Crippen LogP contribution in [0.5, 0.6) is 11.8 Å². The molecule has 4 aromatic carbocycles. The Morgan fingerprint density at radius 2 is 1.27 bits per heavy atom. The molecule has 0 bridgehead atoms. The highest BCUT2D eigenvalue weighted by Gasteiger charge is 2.45. The Balaban J connectivity index is 0.00000370. The van der Waals surface area contributed by atoms with Gasteiger partial charge in [0.2, 0.25) is 0 Å². The molecule has 5 rings (SSSR count). The van der Waals surface area contributed by atoms with Crippen molar-refractivity contribution >= 4 is 29.3 Å². The van der Waals surface area contributed by atoms with Crippen LogP contribution in [0, 0.1) is 17.1 Å². The topological polar surface area (TPSA) is 85.1 Å². The fourth-order valence-corrected chi connectivity index (χ4v) is 8.56. The molecule has 1 heterocycles. The van der Waals surface area contributed by atoms with E-state index in [1.165, 1.54) is 28.0 Å². The third kappa shape index (κ3) is 6.23. The Labute approximate surface area is 242 Å². The maximum absolute atomic E-state index is 13.8. The van der Waals surface area contributed by atoms with Crippen molar-refractivity contribution in [3.63, 3.8) is 0 Å². The third-order valence-corrected chi connectivity index (χ3v) is 10.5. The van der Waals surface area contributed by atoms with Gasteiger partial charge in [0.05, 0.1) is 5.56 Å². The normalized spacial score (nSPS) is 10.6. The maximum Gasteiger partial charge on any atom is 0.521 e. The smallest absolute Gasteiger partial charge is 0.521 e. The molecule has 1 aromatic heterocycles. The minimum absolute atomic E-state index is 0.